The number of piperazine rings is 1. The fourth-order valence-electron chi connectivity index (χ4n) is 3.42. The van der Waals surface area contributed by atoms with Crippen LogP contribution in [-0.4, -0.2) is 92.3 Å². The smallest absolute Gasteiger partial charge is 0.320 e. The van der Waals surface area contributed by atoms with Gasteiger partial charge in [0.25, 0.3) is 0 Å². The summed E-state index contributed by atoms with van der Waals surface area (Å²) in [6.07, 6.45) is 0. The molecule has 4 rings (SSSR count). The van der Waals surface area contributed by atoms with E-state index in [2.05, 4.69) is 4.90 Å². The third-order valence-corrected chi connectivity index (χ3v) is 4.99. The third kappa shape index (κ3) is 3.61. The van der Waals surface area contributed by atoms with Crippen LogP contribution >= 0.6 is 0 Å². The van der Waals surface area contributed by atoms with Gasteiger partial charge in [-0.2, -0.15) is 0 Å². The molecular formula is C18H23N3O5. The Morgan fingerprint density at radius 1 is 0.885 bits per heavy atom. The second-order valence-electron chi connectivity index (χ2n) is 6.64. The van der Waals surface area contributed by atoms with Crippen molar-refractivity contribution in [1.29, 1.82) is 0 Å². The van der Waals surface area contributed by atoms with Crippen LogP contribution in [0.5, 0.6) is 11.5 Å². The number of ketones is 1. The van der Waals surface area contributed by atoms with Crippen LogP contribution in [0.15, 0.2) is 18.2 Å². The lowest BCUT2D eigenvalue weighted by Crippen LogP contribution is -2.55. The van der Waals surface area contributed by atoms with Gasteiger partial charge in [0.2, 0.25) is 6.79 Å². The molecule has 0 unspecified atom stereocenters. The van der Waals surface area contributed by atoms with Gasteiger partial charge in [0.05, 0.1) is 19.8 Å². The number of hydrogen-bond acceptors (Lipinski definition) is 6. The Morgan fingerprint density at radius 2 is 1.58 bits per heavy atom. The molecule has 1 aromatic carbocycles. The molecule has 0 atom stereocenters. The fourth-order valence-corrected chi connectivity index (χ4v) is 3.42. The zero-order valence-corrected chi connectivity index (χ0v) is 14.7. The minimum atomic E-state index is 0.0521. The second kappa shape index (κ2) is 7.51. The van der Waals surface area contributed by atoms with Gasteiger partial charge in [-0.15, -0.1) is 0 Å². The number of nitrogens with zero attached hydrogens (tertiary/aromatic N) is 3. The Bertz CT molecular complexity index is 681. The van der Waals surface area contributed by atoms with Crippen molar-refractivity contribution in [2.45, 2.75) is 0 Å². The highest BCUT2D eigenvalue weighted by Crippen LogP contribution is 2.32. The van der Waals surface area contributed by atoms with Gasteiger partial charge in [0.1, 0.15) is 0 Å². The molecule has 2 saturated heterocycles. The summed E-state index contributed by atoms with van der Waals surface area (Å²) in [4.78, 5) is 30.8. The normalized spacial score (nSPS) is 20.3. The summed E-state index contributed by atoms with van der Waals surface area (Å²) in [5.41, 5.74) is 0.626. The molecule has 26 heavy (non-hydrogen) atoms. The first kappa shape index (κ1) is 17.1. The molecule has 3 aliphatic rings. The number of fused-ring (bicyclic) bond motifs is 1. The van der Waals surface area contributed by atoms with Gasteiger partial charge in [-0.05, 0) is 18.2 Å². The van der Waals surface area contributed by atoms with Crippen molar-refractivity contribution < 1.29 is 23.8 Å². The molecular weight excluding hydrogens is 338 g/mol. The van der Waals surface area contributed by atoms with Crippen LogP contribution in [-0.2, 0) is 4.74 Å². The van der Waals surface area contributed by atoms with Crippen molar-refractivity contribution in [3.05, 3.63) is 23.8 Å². The highest BCUT2D eigenvalue weighted by atomic mass is 16.7. The quantitative estimate of drug-likeness (QED) is 0.737. The number of morpholine rings is 1. The van der Waals surface area contributed by atoms with Crippen molar-refractivity contribution >= 4 is 11.8 Å². The van der Waals surface area contributed by atoms with E-state index in [0.717, 1.165) is 0 Å². The number of ether oxygens (including phenoxy) is 3. The number of urea groups is 1. The van der Waals surface area contributed by atoms with Gasteiger partial charge in [-0.25, -0.2) is 4.79 Å². The predicted octanol–water partition coefficient (Wildman–Crippen LogP) is 0.668. The summed E-state index contributed by atoms with van der Waals surface area (Å²) in [7, 11) is 0. The van der Waals surface area contributed by atoms with E-state index in [1.807, 2.05) is 9.80 Å². The zero-order chi connectivity index (χ0) is 17.9. The highest BCUT2D eigenvalue weighted by molar-refractivity contribution is 5.98. The summed E-state index contributed by atoms with van der Waals surface area (Å²) in [5, 5.41) is 0. The molecule has 0 spiro atoms. The summed E-state index contributed by atoms with van der Waals surface area (Å²) in [5.74, 6) is 1.35. The molecule has 2 amide bonds. The van der Waals surface area contributed by atoms with E-state index in [0.29, 0.717) is 76.1 Å². The lowest BCUT2D eigenvalue weighted by molar-refractivity contribution is 0.0376. The maximum Gasteiger partial charge on any atom is 0.320 e. The zero-order valence-electron chi connectivity index (χ0n) is 14.7. The molecule has 3 heterocycles. The minimum absolute atomic E-state index is 0.0521. The molecule has 0 aromatic heterocycles. The molecule has 140 valence electrons. The highest BCUT2D eigenvalue weighted by Gasteiger charge is 2.27. The number of carbonyl (C=O) groups excluding carboxylic acids is 2. The molecule has 8 nitrogen and oxygen atoms in total. The number of carbonyl (C=O) groups is 2. The van der Waals surface area contributed by atoms with E-state index in [1.165, 1.54) is 0 Å². The molecule has 0 aliphatic carbocycles. The molecule has 2 fully saturated rings. The first-order valence-corrected chi connectivity index (χ1v) is 8.97. The Balaban J connectivity index is 1.28. The van der Waals surface area contributed by atoms with Gasteiger partial charge in [0, 0.05) is 44.8 Å². The Hall–Kier alpha value is -2.32. The van der Waals surface area contributed by atoms with Crippen LogP contribution in [0.4, 0.5) is 4.79 Å². The standard InChI is InChI=1S/C18H23N3O5/c22-15(14-1-2-16-17(11-14)26-13-25-16)12-19-3-5-20(6-4-19)18(23)21-7-9-24-10-8-21/h1-2,11H,3-10,12-13H2. The first-order valence-electron chi connectivity index (χ1n) is 8.97. The number of Topliss-reactive ketones (excluding diaryl/α,β-unsaturated/α-hetero) is 1. The van der Waals surface area contributed by atoms with Crippen LogP contribution < -0.4 is 9.47 Å². The van der Waals surface area contributed by atoms with E-state index >= 15 is 0 Å². The molecule has 0 saturated carbocycles. The predicted molar refractivity (Wildman–Crippen MR) is 92.7 cm³/mol. The van der Waals surface area contributed by atoms with E-state index in [4.69, 9.17) is 14.2 Å². The maximum absolute atomic E-state index is 12.5. The summed E-state index contributed by atoms with van der Waals surface area (Å²) < 4.78 is 15.9. The van der Waals surface area contributed by atoms with E-state index in [9.17, 15) is 9.59 Å². The lowest BCUT2D eigenvalue weighted by Gasteiger charge is -2.38. The van der Waals surface area contributed by atoms with Crippen molar-refractivity contribution in [2.24, 2.45) is 0 Å². The fraction of sp³-hybridized carbons (Fsp3) is 0.556. The number of amides is 2. The van der Waals surface area contributed by atoms with Gasteiger partial charge in [-0.3, -0.25) is 9.69 Å². The Morgan fingerprint density at radius 3 is 2.35 bits per heavy atom. The van der Waals surface area contributed by atoms with E-state index < -0.39 is 0 Å². The molecule has 3 aliphatic heterocycles. The average molecular weight is 361 g/mol. The van der Waals surface area contributed by atoms with E-state index in [-0.39, 0.29) is 18.6 Å². The Labute approximate surface area is 152 Å². The number of rotatable bonds is 3. The van der Waals surface area contributed by atoms with Gasteiger partial charge < -0.3 is 24.0 Å². The monoisotopic (exact) mass is 361 g/mol. The van der Waals surface area contributed by atoms with Crippen LogP contribution in [0, 0.1) is 0 Å². The van der Waals surface area contributed by atoms with Gasteiger partial charge in [0.15, 0.2) is 17.3 Å². The summed E-state index contributed by atoms with van der Waals surface area (Å²) in [6.45, 7) is 5.76. The summed E-state index contributed by atoms with van der Waals surface area (Å²) >= 11 is 0. The van der Waals surface area contributed by atoms with Crippen LogP contribution in [0.2, 0.25) is 0 Å². The van der Waals surface area contributed by atoms with Crippen molar-refractivity contribution in [2.75, 3.05) is 65.8 Å². The molecule has 0 N–H and O–H groups in total. The number of hydrogen-bond donors (Lipinski definition) is 0. The van der Waals surface area contributed by atoms with Crippen molar-refractivity contribution in [1.82, 2.24) is 14.7 Å². The lowest BCUT2D eigenvalue weighted by atomic mass is 10.1. The van der Waals surface area contributed by atoms with Crippen LogP contribution in [0.25, 0.3) is 0 Å². The van der Waals surface area contributed by atoms with Crippen molar-refractivity contribution in [3.63, 3.8) is 0 Å². The van der Waals surface area contributed by atoms with Crippen LogP contribution in [0.1, 0.15) is 10.4 Å². The SMILES string of the molecule is O=C(CN1CCN(C(=O)N2CCOCC2)CC1)c1ccc2c(c1)OCO2. The second-order valence-corrected chi connectivity index (χ2v) is 6.64. The van der Waals surface area contributed by atoms with Gasteiger partial charge in [-0.1, -0.05) is 0 Å². The third-order valence-electron chi connectivity index (χ3n) is 4.99. The molecule has 1 aromatic rings. The van der Waals surface area contributed by atoms with Crippen molar-refractivity contribution in [3.8, 4) is 11.5 Å². The van der Waals surface area contributed by atoms with Crippen LogP contribution in [0.3, 0.4) is 0 Å². The average Bonchev–Trinajstić information content (AvgIpc) is 3.16. The maximum atomic E-state index is 12.5. The largest absolute Gasteiger partial charge is 0.454 e. The topological polar surface area (TPSA) is 71.6 Å². The Kier molecular flexibility index (Phi) is 4.94. The molecule has 8 heteroatoms. The molecule has 0 radical (unpaired) electrons. The molecule has 0 bridgehead atoms. The van der Waals surface area contributed by atoms with Gasteiger partial charge >= 0.3 is 6.03 Å². The summed E-state index contributed by atoms with van der Waals surface area (Å²) in [6, 6.07) is 5.36. The number of benzene rings is 1. The first-order chi connectivity index (χ1) is 12.7. The minimum Gasteiger partial charge on any atom is -0.454 e. The van der Waals surface area contributed by atoms with E-state index in [1.54, 1.807) is 18.2 Å².